The van der Waals surface area contributed by atoms with Gasteiger partial charge in [-0.1, -0.05) is 6.07 Å². The smallest absolute Gasteiger partial charge is 0.225 e. The Kier molecular flexibility index (Phi) is 4.63. The molecule has 1 saturated heterocycles. The van der Waals surface area contributed by atoms with Gasteiger partial charge in [0.2, 0.25) is 5.95 Å². The number of pyridine rings is 1. The maximum atomic E-state index is 4.52. The zero-order valence-corrected chi connectivity index (χ0v) is 13.3. The van der Waals surface area contributed by atoms with Crippen LogP contribution in [0.1, 0.15) is 36.9 Å². The SMILES string of the molecule is C[C@@H](c1cccnc1)N(C)Cc1cnc(N2CCCC2)nc1. The molecular weight excluding hydrogens is 274 g/mol. The van der Waals surface area contributed by atoms with Gasteiger partial charge in [-0.25, -0.2) is 9.97 Å². The van der Waals surface area contributed by atoms with Crippen LogP contribution in [0, 0.1) is 0 Å². The van der Waals surface area contributed by atoms with Crippen LogP contribution >= 0.6 is 0 Å². The van der Waals surface area contributed by atoms with Crippen molar-refractivity contribution >= 4 is 5.95 Å². The summed E-state index contributed by atoms with van der Waals surface area (Å²) in [6.45, 7) is 5.18. The van der Waals surface area contributed by atoms with Crippen LogP contribution in [0.25, 0.3) is 0 Å². The van der Waals surface area contributed by atoms with Gasteiger partial charge in [-0.2, -0.15) is 0 Å². The van der Waals surface area contributed by atoms with Gasteiger partial charge in [-0.15, -0.1) is 0 Å². The molecule has 0 spiro atoms. The molecule has 116 valence electrons. The van der Waals surface area contributed by atoms with Crippen molar-refractivity contribution in [3.05, 3.63) is 48.0 Å². The Bertz CT molecular complexity index is 578. The molecule has 0 amide bonds. The van der Waals surface area contributed by atoms with Crippen LogP contribution in [0.2, 0.25) is 0 Å². The molecule has 2 aromatic rings. The van der Waals surface area contributed by atoms with E-state index in [1.54, 1.807) is 6.20 Å². The van der Waals surface area contributed by atoms with Crippen molar-refractivity contribution in [2.75, 3.05) is 25.0 Å². The van der Waals surface area contributed by atoms with Crippen molar-refractivity contribution in [3.8, 4) is 0 Å². The summed E-state index contributed by atoms with van der Waals surface area (Å²) in [4.78, 5) is 17.8. The summed E-state index contributed by atoms with van der Waals surface area (Å²) in [5.41, 5.74) is 2.36. The van der Waals surface area contributed by atoms with Crippen LogP contribution in [0.15, 0.2) is 36.9 Å². The van der Waals surface area contributed by atoms with Crippen LogP contribution < -0.4 is 4.90 Å². The monoisotopic (exact) mass is 297 g/mol. The highest BCUT2D eigenvalue weighted by Crippen LogP contribution is 2.20. The van der Waals surface area contributed by atoms with Crippen molar-refractivity contribution in [1.29, 1.82) is 0 Å². The number of aromatic nitrogens is 3. The van der Waals surface area contributed by atoms with E-state index in [1.807, 2.05) is 24.7 Å². The molecule has 5 heteroatoms. The number of hydrogen-bond donors (Lipinski definition) is 0. The Balaban J connectivity index is 1.62. The van der Waals surface area contributed by atoms with Gasteiger partial charge in [0.1, 0.15) is 0 Å². The second kappa shape index (κ2) is 6.83. The van der Waals surface area contributed by atoms with Gasteiger partial charge in [-0.05, 0) is 38.4 Å². The van der Waals surface area contributed by atoms with Crippen molar-refractivity contribution in [2.45, 2.75) is 32.4 Å². The van der Waals surface area contributed by atoms with Gasteiger partial charge in [-0.3, -0.25) is 9.88 Å². The van der Waals surface area contributed by atoms with E-state index in [0.717, 1.165) is 31.1 Å². The fourth-order valence-corrected chi connectivity index (χ4v) is 2.81. The van der Waals surface area contributed by atoms with Gasteiger partial charge in [0, 0.05) is 56.0 Å². The third-order valence-electron chi connectivity index (χ3n) is 4.34. The van der Waals surface area contributed by atoms with Gasteiger partial charge in [0.05, 0.1) is 0 Å². The van der Waals surface area contributed by atoms with Crippen LogP contribution in [-0.4, -0.2) is 40.0 Å². The summed E-state index contributed by atoms with van der Waals surface area (Å²) in [5, 5.41) is 0. The molecule has 2 aromatic heterocycles. The number of hydrogen-bond acceptors (Lipinski definition) is 5. The number of nitrogens with zero attached hydrogens (tertiary/aromatic N) is 5. The highest BCUT2D eigenvalue weighted by atomic mass is 15.3. The molecule has 0 unspecified atom stereocenters. The topological polar surface area (TPSA) is 45.2 Å². The summed E-state index contributed by atoms with van der Waals surface area (Å²) >= 11 is 0. The molecule has 0 aliphatic carbocycles. The Morgan fingerprint density at radius 2 is 1.91 bits per heavy atom. The molecule has 3 heterocycles. The van der Waals surface area contributed by atoms with Gasteiger partial charge in [0.15, 0.2) is 0 Å². The van der Waals surface area contributed by atoms with E-state index in [9.17, 15) is 0 Å². The molecule has 1 atom stereocenters. The summed E-state index contributed by atoms with van der Waals surface area (Å²) < 4.78 is 0. The van der Waals surface area contributed by atoms with Gasteiger partial charge >= 0.3 is 0 Å². The summed E-state index contributed by atoms with van der Waals surface area (Å²) in [6.07, 6.45) is 10.1. The molecular formula is C17H23N5. The Morgan fingerprint density at radius 3 is 2.55 bits per heavy atom. The first-order valence-electron chi connectivity index (χ1n) is 7.90. The van der Waals surface area contributed by atoms with Crippen LogP contribution in [0.3, 0.4) is 0 Å². The largest absolute Gasteiger partial charge is 0.341 e. The molecule has 0 bridgehead atoms. The van der Waals surface area contributed by atoms with Crippen molar-refractivity contribution < 1.29 is 0 Å². The van der Waals surface area contributed by atoms with E-state index in [1.165, 1.54) is 18.4 Å². The average Bonchev–Trinajstić information content (AvgIpc) is 3.10. The second-order valence-corrected chi connectivity index (χ2v) is 5.96. The lowest BCUT2D eigenvalue weighted by molar-refractivity contribution is 0.252. The standard InChI is InChI=1S/C17H23N5/c1-14(16-6-5-7-18-12-16)21(2)13-15-10-19-17(20-11-15)22-8-3-4-9-22/h5-7,10-12,14H,3-4,8-9,13H2,1-2H3/t14-/m0/s1. The number of anilines is 1. The summed E-state index contributed by atoms with van der Waals surface area (Å²) in [6, 6.07) is 4.40. The maximum Gasteiger partial charge on any atom is 0.225 e. The molecule has 0 saturated carbocycles. The Morgan fingerprint density at radius 1 is 1.18 bits per heavy atom. The van der Waals surface area contributed by atoms with Crippen molar-refractivity contribution in [2.24, 2.45) is 0 Å². The van der Waals surface area contributed by atoms with Crippen LogP contribution in [-0.2, 0) is 6.54 Å². The molecule has 1 fully saturated rings. The van der Waals surface area contributed by atoms with E-state index in [4.69, 9.17) is 0 Å². The van der Waals surface area contributed by atoms with E-state index in [0.29, 0.717) is 6.04 Å². The fourth-order valence-electron chi connectivity index (χ4n) is 2.81. The van der Waals surface area contributed by atoms with Crippen molar-refractivity contribution in [3.63, 3.8) is 0 Å². The minimum atomic E-state index is 0.312. The molecule has 0 N–H and O–H groups in total. The summed E-state index contributed by atoms with van der Waals surface area (Å²) in [7, 11) is 2.12. The fraction of sp³-hybridized carbons (Fsp3) is 0.471. The molecule has 1 aliphatic heterocycles. The molecule has 0 aromatic carbocycles. The maximum absolute atomic E-state index is 4.52. The third-order valence-corrected chi connectivity index (χ3v) is 4.34. The Labute approximate surface area is 132 Å². The van der Waals surface area contributed by atoms with E-state index in [2.05, 4.69) is 44.8 Å². The van der Waals surface area contributed by atoms with Gasteiger partial charge < -0.3 is 4.90 Å². The van der Waals surface area contributed by atoms with E-state index in [-0.39, 0.29) is 0 Å². The molecule has 3 rings (SSSR count). The van der Waals surface area contributed by atoms with E-state index < -0.39 is 0 Å². The average molecular weight is 297 g/mol. The molecule has 22 heavy (non-hydrogen) atoms. The number of rotatable bonds is 5. The lowest BCUT2D eigenvalue weighted by Gasteiger charge is -2.24. The first-order valence-corrected chi connectivity index (χ1v) is 7.90. The Hall–Kier alpha value is -2.01. The molecule has 0 radical (unpaired) electrons. The third kappa shape index (κ3) is 3.42. The lowest BCUT2D eigenvalue weighted by atomic mass is 10.1. The normalized spacial score (nSPS) is 16.2. The van der Waals surface area contributed by atoms with E-state index >= 15 is 0 Å². The van der Waals surface area contributed by atoms with Crippen LogP contribution in [0.4, 0.5) is 5.95 Å². The zero-order chi connectivity index (χ0) is 15.4. The predicted molar refractivity (Wildman–Crippen MR) is 87.6 cm³/mol. The highest BCUT2D eigenvalue weighted by Gasteiger charge is 2.15. The molecule has 1 aliphatic rings. The molecule has 5 nitrogen and oxygen atoms in total. The second-order valence-electron chi connectivity index (χ2n) is 5.96. The highest BCUT2D eigenvalue weighted by molar-refractivity contribution is 5.31. The van der Waals surface area contributed by atoms with Crippen LogP contribution in [0.5, 0.6) is 0 Å². The minimum Gasteiger partial charge on any atom is -0.341 e. The zero-order valence-electron chi connectivity index (χ0n) is 13.3. The van der Waals surface area contributed by atoms with Crippen molar-refractivity contribution in [1.82, 2.24) is 19.9 Å². The minimum absolute atomic E-state index is 0.312. The van der Waals surface area contributed by atoms with Gasteiger partial charge in [0.25, 0.3) is 0 Å². The first kappa shape index (κ1) is 14.9. The lowest BCUT2D eigenvalue weighted by Crippen LogP contribution is -2.23. The predicted octanol–water partition coefficient (Wildman–Crippen LogP) is 2.66. The summed E-state index contributed by atoms with van der Waals surface area (Å²) in [5.74, 6) is 0.865. The first-order chi connectivity index (χ1) is 10.7. The quantitative estimate of drug-likeness (QED) is 0.849.